The number of hydrogen-bond acceptors (Lipinski definition) is 7. The summed E-state index contributed by atoms with van der Waals surface area (Å²) in [6, 6.07) is 5.27. The molecule has 0 bridgehead atoms. The Morgan fingerprint density at radius 1 is 1.28 bits per heavy atom. The summed E-state index contributed by atoms with van der Waals surface area (Å²) in [7, 11) is 1.74. The first kappa shape index (κ1) is 20.6. The number of thioether (sulfide) groups is 1. The second-order valence-electron chi connectivity index (χ2n) is 6.34. The number of allylic oxidation sites excluding steroid dienone is 3. The molecule has 150 valence electrons. The lowest BCUT2D eigenvalue weighted by Crippen LogP contribution is -2.03. The van der Waals surface area contributed by atoms with Crippen LogP contribution in [-0.4, -0.2) is 23.2 Å². The van der Waals surface area contributed by atoms with Gasteiger partial charge in [-0.3, -0.25) is 0 Å². The molecule has 0 unspecified atom stereocenters. The van der Waals surface area contributed by atoms with Crippen molar-refractivity contribution in [3.63, 3.8) is 0 Å². The first-order chi connectivity index (χ1) is 14.1. The largest absolute Gasteiger partial charge is 0.396 e. The number of nitrogens with one attached hydrogen (secondary N) is 1. The minimum Gasteiger partial charge on any atom is -0.396 e. The first-order valence-electron chi connectivity index (χ1n) is 9.17. The summed E-state index contributed by atoms with van der Waals surface area (Å²) in [6.07, 6.45) is 12.8. The summed E-state index contributed by atoms with van der Waals surface area (Å²) in [5.74, 6) is 0.0678. The average Bonchev–Trinajstić information content (AvgIpc) is 2.71. The smallest absolute Gasteiger partial charge is 0.192 e. The zero-order valence-electron chi connectivity index (χ0n) is 16.1. The van der Waals surface area contributed by atoms with Crippen LogP contribution in [0.4, 0.5) is 10.1 Å². The number of anilines is 1. The second-order valence-corrected chi connectivity index (χ2v) is 7.35. The molecule has 3 rings (SSSR count). The number of hydrogen-bond donors (Lipinski definition) is 3. The van der Waals surface area contributed by atoms with Crippen molar-refractivity contribution < 1.29 is 4.39 Å². The molecule has 1 aliphatic rings. The van der Waals surface area contributed by atoms with Gasteiger partial charge in [0.25, 0.3) is 0 Å². The molecule has 1 aromatic carbocycles. The molecule has 29 heavy (non-hydrogen) atoms. The zero-order valence-corrected chi connectivity index (χ0v) is 16.9. The molecule has 0 atom stereocenters. The van der Waals surface area contributed by atoms with Crippen LogP contribution < -0.4 is 16.8 Å². The molecule has 6 nitrogen and oxygen atoms in total. The number of nitrogens with zero attached hydrogens (tertiary/aromatic N) is 3. The fraction of sp³-hybridized carbons (Fsp3) is 0.190. The van der Waals surface area contributed by atoms with E-state index in [0.717, 1.165) is 28.9 Å². The summed E-state index contributed by atoms with van der Waals surface area (Å²) >= 11 is 1.45. The maximum Gasteiger partial charge on any atom is 0.192 e. The minimum atomic E-state index is -0.273. The van der Waals surface area contributed by atoms with E-state index in [4.69, 9.17) is 11.5 Å². The van der Waals surface area contributed by atoms with E-state index >= 15 is 0 Å². The lowest BCUT2D eigenvalue weighted by Gasteiger charge is -2.16. The van der Waals surface area contributed by atoms with Gasteiger partial charge in [-0.05, 0) is 47.4 Å². The van der Waals surface area contributed by atoms with E-state index in [1.807, 2.05) is 6.07 Å². The van der Waals surface area contributed by atoms with E-state index in [-0.39, 0.29) is 5.82 Å². The Morgan fingerprint density at radius 2 is 2.03 bits per heavy atom. The lowest BCUT2D eigenvalue weighted by atomic mass is 9.97. The number of nitrogens with two attached hydrogens (primary N) is 2. The number of benzene rings is 1. The molecule has 0 fully saturated rings. The number of nitrogen functional groups attached to an aromatic ring is 1. The van der Waals surface area contributed by atoms with Gasteiger partial charge >= 0.3 is 0 Å². The van der Waals surface area contributed by atoms with Crippen LogP contribution in [-0.2, 0) is 6.42 Å². The van der Waals surface area contributed by atoms with Gasteiger partial charge in [-0.25, -0.2) is 19.4 Å². The summed E-state index contributed by atoms with van der Waals surface area (Å²) in [5, 5.41) is 3.40. The fourth-order valence-electron chi connectivity index (χ4n) is 2.80. The molecule has 8 heteroatoms. The van der Waals surface area contributed by atoms with Crippen molar-refractivity contribution in [1.82, 2.24) is 15.3 Å². The second kappa shape index (κ2) is 9.88. The normalized spacial score (nSPS) is 14.6. The molecule has 0 radical (unpaired) electrons. The van der Waals surface area contributed by atoms with Crippen molar-refractivity contribution in [1.29, 1.82) is 0 Å². The average molecular weight is 411 g/mol. The Hall–Kier alpha value is -3.13. The van der Waals surface area contributed by atoms with Crippen molar-refractivity contribution in [3.05, 3.63) is 76.6 Å². The standard InChI is InChI=1S/C21H23FN6S/c1-25-13-20(24)26-9-8-14-6-7-15(10-18(14)22)17-4-2-3-5-19(17)29-21-27-11-16(23)12-28-21/h4-7,9-13,25H,2-3,8,23-24H2,1H3/b20-13-,26-9?. The minimum absolute atomic E-state index is 0.273. The summed E-state index contributed by atoms with van der Waals surface area (Å²) in [4.78, 5) is 13.6. The van der Waals surface area contributed by atoms with Crippen LogP contribution in [0.15, 0.2) is 69.8 Å². The molecule has 1 aliphatic carbocycles. The third-order valence-electron chi connectivity index (χ3n) is 4.17. The van der Waals surface area contributed by atoms with E-state index in [1.165, 1.54) is 11.8 Å². The third-order valence-corrected chi connectivity index (χ3v) is 5.17. The zero-order chi connectivity index (χ0) is 20.6. The molecular formula is C21H23FN6S. The van der Waals surface area contributed by atoms with Gasteiger partial charge in [0.2, 0.25) is 0 Å². The van der Waals surface area contributed by atoms with Gasteiger partial charge in [-0.15, -0.1) is 0 Å². The Morgan fingerprint density at radius 3 is 2.76 bits per heavy atom. The molecule has 0 amide bonds. The molecule has 1 heterocycles. The topological polar surface area (TPSA) is 102 Å². The van der Waals surface area contributed by atoms with Gasteiger partial charge < -0.3 is 16.8 Å². The highest BCUT2D eigenvalue weighted by Gasteiger charge is 2.15. The quantitative estimate of drug-likeness (QED) is 0.476. The van der Waals surface area contributed by atoms with E-state index in [0.29, 0.717) is 28.6 Å². The van der Waals surface area contributed by atoms with Crippen molar-refractivity contribution in [2.75, 3.05) is 12.8 Å². The van der Waals surface area contributed by atoms with Gasteiger partial charge in [0.1, 0.15) is 11.6 Å². The van der Waals surface area contributed by atoms with Crippen LogP contribution in [0.5, 0.6) is 0 Å². The van der Waals surface area contributed by atoms with Gasteiger partial charge in [0.05, 0.1) is 18.1 Å². The molecule has 0 spiro atoms. The molecule has 2 aromatic rings. The Balaban J connectivity index is 1.75. The third kappa shape index (κ3) is 5.68. The Kier molecular flexibility index (Phi) is 7.02. The van der Waals surface area contributed by atoms with E-state index in [9.17, 15) is 4.39 Å². The van der Waals surface area contributed by atoms with Crippen LogP contribution in [0.25, 0.3) is 5.57 Å². The Labute approximate surface area is 173 Å². The van der Waals surface area contributed by atoms with E-state index < -0.39 is 0 Å². The van der Waals surface area contributed by atoms with E-state index in [1.54, 1.807) is 44.0 Å². The van der Waals surface area contributed by atoms with Crippen LogP contribution in [0, 0.1) is 5.82 Å². The summed E-state index contributed by atoms with van der Waals surface area (Å²) in [5.41, 5.74) is 14.2. The van der Waals surface area contributed by atoms with Crippen LogP contribution >= 0.6 is 11.8 Å². The summed E-state index contributed by atoms with van der Waals surface area (Å²) < 4.78 is 14.7. The predicted octanol–water partition coefficient (Wildman–Crippen LogP) is 3.64. The van der Waals surface area contributed by atoms with Crippen molar-refractivity contribution in [2.24, 2.45) is 10.7 Å². The maximum atomic E-state index is 14.7. The Bertz CT molecular complexity index is 979. The molecule has 1 aromatic heterocycles. The highest BCUT2D eigenvalue weighted by Crippen LogP contribution is 2.38. The van der Waals surface area contributed by atoms with E-state index in [2.05, 4.69) is 32.4 Å². The van der Waals surface area contributed by atoms with Gasteiger partial charge in [-0.1, -0.05) is 24.3 Å². The highest BCUT2D eigenvalue weighted by molar-refractivity contribution is 8.03. The molecule has 0 saturated carbocycles. The van der Waals surface area contributed by atoms with Crippen LogP contribution in [0.1, 0.15) is 24.0 Å². The number of rotatable bonds is 7. The predicted molar refractivity (Wildman–Crippen MR) is 118 cm³/mol. The number of aliphatic imine (C=N–C) groups is 1. The van der Waals surface area contributed by atoms with Crippen molar-refractivity contribution in [2.45, 2.75) is 24.4 Å². The van der Waals surface area contributed by atoms with Gasteiger partial charge in [-0.2, -0.15) is 0 Å². The van der Waals surface area contributed by atoms with Crippen LogP contribution in [0.2, 0.25) is 0 Å². The number of halogens is 1. The number of aromatic nitrogens is 2. The highest BCUT2D eigenvalue weighted by atomic mass is 32.2. The lowest BCUT2D eigenvalue weighted by molar-refractivity contribution is 0.616. The maximum absolute atomic E-state index is 14.7. The molecule has 0 saturated heterocycles. The SMILES string of the molecule is CN/C=C(/N)N=CCc1ccc(C2=CCCC=C2Sc2ncc(N)cn2)cc1F. The van der Waals surface area contributed by atoms with Gasteiger partial charge in [0, 0.05) is 30.8 Å². The van der Waals surface area contributed by atoms with Crippen molar-refractivity contribution in [3.8, 4) is 0 Å². The van der Waals surface area contributed by atoms with Crippen molar-refractivity contribution >= 4 is 29.2 Å². The summed E-state index contributed by atoms with van der Waals surface area (Å²) in [6.45, 7) is 0. The van der Waals surface area contributed by atoms with Gasteiger partial charge in [0.15, 0.2) is 5.16 Å². The first-order valence-corrected chi connectivity index (χ1v) is 9.98. The molecule has 5 N–H and O–H groups in total. The molecule has 0 aliphatic heterocycles. The monoisotopic (exact) mass is 410 g/mol. The fourth-order valence-corrected chi connectivity index (χ4v) is 3.72. The van der Waals surface area contributed by atoms with Crippen LogP contribution in [0.3, 0.4) is 0 Å². The molecular weight excluding hydrogens is 387 g/mol.